The first-order valence-electron chi connectivity index (χ1n) is 5.10. The van der Waals surface area contributed by atoms with E-state index in [4.69, 9.17) is 5.11 Å². The molecule has 15 heavy (non-hydrogen) atoms. The number of aromatic amines is 1. The molecule has 0 radical (unpaired) electrons. The molecular weight excluding hydrogens is 194 g/mol. The van der Waals surface area contributed by atoms with Gasteiger partial charge in [-0.1, -0.05) is 6.92 Å². The summed E-state index contributed by atoms with van der Waals surface area (Å²) < 4.78 is 0. The average molecular weight is 211 g/mol. The van der Waals surface area contributed by atoms with Crippen molar-refractivity contribution >= 4 is 5.91 Å². The smallest absolute Gasteiger partial charge is 0.257 e. The third kappa shape index (κ3) is 2.79. The van der Waals surface area contributed by atoms with Gasteiger partial charge >= 0.3 is 0 Å². The molecule has 0 aliphatic rings. The number of H-pyrrole nitrogens is 1. The van der Waals surface area contributed by atoms with Crippen molar-refractivity contribution in [1.29, 1.82) is 0 Å². The number of rotatable bonds is 5. The van der Waals surface area contributed by atoms with E-state index in [2.05, 4.69) is 10.2 Å². The standard InChI is InChI=1S/C10H17N3O2/c1-3-4-13(5-6-14)10(15)9-7-11-12-8(9)2/h7,14H,3-6H2,1-2H3,(H,11,12). The summed E-state index contributed by atoms with van der Waals surface area (Å²) in [7, 11) is 0. The predicted octanol–water partition coefficient (Wildman–Crippen LogP) is 0.563. The van der Waals surface area contributed by atoms with Crippen LogP contribution in [0.5, 0.6) is 0 Å². The van der Waals surface area contributed by atoms with E-state index in [1.54, 1.807) is 4.90 Å². The lowest BCUT2D eigenvalue weighted by Gasteiger charge is -2.20. The van der Waals surface area contributed by atoms with Crippen LogP contribution in [0.25, 0.3) is 0 Å². The molecule has 84 valence electrons. The van der Waals surface area contributed by atoms with Crippen molar-refractivity contribution < 1.29 is 9.90 Å². The van der Waals surface area contributed by atoms with Gasteiger partial charge in [0, 0.05) is 18.8 Å². The molecule has 0 unspecified atom stereocenters. The quantitative estimate of drug-likeness (QED) is 0.747. The molecule has 1 aromatic rings. The van der Waals surface area contributed by atoms with Crippen LogP contribution in [-0.2, 0) is 0 Å². The van der Waals surface area contributed by atoms with Crippen molar-refractivity contribution in [1.82, 2.24) is 15.1 Å². The van der Waals surface area contributed by atoms with Gasteiger partial charge in [0.2, 0.25) is 0 Å². The molecule has 0 atom stereocenters. The highest BCUT2D eigenvalue weighted by atomic mass is 16.3. The fourth-order valence-electron chi connectivity index (χ4n) is 1.44. The third-order valence-electron chi connectivity index (χ3n) is 2.21. The molecule has 5 heteroatoms. The maximum atomic E-state index is 12.0. The van der Waals surface area contributed by atoms with Gasteiger partial charge in [-0.05, 0) is 13.3 Å². The van der Waals surface area contributed by atoms with Gasteiger partial charge in [0.25, 0.3) is 5.91 Å². The van der Waals surface area contributed by atoms with Crippen molar-refractivity contribution in [2.75, 3.05) is 19.7 Å². The van der Waals surface area contributed by atoms with E-state index in [0.29, 0.717) is 18.7 Å². The monoisotopic (exact) mass is 211 g/mol. The first-order chi connectivity index (χ1) is 7.20. The summed E-state index contributed by atoms with van der Waals surface area (Å²) in [6.45, 7) is 4.83. The number of nitrogens with zero attached hydrogens (tertiary/aromatic N) is 2. The normalized spacial score (nSPS) is 10.3. The summed E-state index contributed by atoms with van der Waals surface area (Å²) in [5, 5.41) is 15.4. The topological polar surface area (TPSA) is 69.2 Å². The summed E-state index contributed by atoms with van der Waals surface area (Å²) in [6, 6.07) is 0. The molecule has 2 N–H and O–H groups in total. The van der Waals surface area contributed by atoms with Gasteiger partial charge in [-0.15, -0.1) is 0 Å². The average Bonchev–Trinajstić information content (AvgIpc) is 2.63. The van der Waals surface area contributed by atoms with Gasteiger partial charge < -0.3 is 10.0 Å². The summed E-state index contributed by atoms with van der Waals surface area (Å²) in [5.74, 6) is -0.0721. The molecular formula is C10H17N3O2. The number of carbonyl (C=O) groups excluding carboxylic acids is 1. The van der Waals surface area contributed by atoms with Crippen LogP contribution in [0, 0.1) is 6.92 Å². The lowest BCUT2D eigenvalue weighted by molar-refractivity contribution is 0.0721. The number of hydrogen-bond acceptors (Lipinski definition) is 3. The number of aliphatic hydroxyl groups is 1. The molecule has 0 spiro atoms. The van der Waals surface area contributed by atoms with E-state index in [1.165, 1.54) is 6.20 Å². The number of carbonyl (C=O) groups is 1. The van der Waals surface area contributed by atoms with Crippen LogP contribution in [0.15, 0.2) is 6.20 Å². The minimum Gasteiger partial charge on any atom is -0.395 e. The molecule has 1 amide bonds. The molecule has 0 saturated heterocycles. The van der Waals surface area contributed by atoms with Gasteiger partial charge in [0.1, 0.15) is 0 Å². The summed E-state index contributed by atoms with van der Waals surface area (Å²) in [4.78, 5) is 13.6. The SMILES string of the molecule is CCCN(CCO)C(=O)c1cn[nH]c1C. The first-order valence-corrected chi connectivity index (χ1v) is 5.10. The van der Waals surface area contributed by atoms with Crippen molar-refractivity contribution in [2.45, 2.75) is 20.3 Å². The molecule has 0 aliphatic heterocycles. The minimum absolute atomic E-state index is 0.0113. The Kier molecular flexibility index (Phi) is 4.30. The zero-order valence-electron chi connectivity index (χ0n) is 9.16. The molecule has 1 heterocycles. The van der Waals surface area contributed by atoms with Crippen LogP contribution in [0.2, 0.25) is 0 Å². The van der Waals surface area contributed by atoms with E-state index in [-0.39, 0.29) is 12.5 Å². The molecule has 0 saturated carbocycles. The Hall–Kier alpha value is -1.36. The number of aromatic nitrogens is 2. The van der Waals surface area contributed by atoms with Crippen LogP contribution >= 0.6 is 0 Å². The van der Waals surface area contributed by atoms with Gasteiger partial charge in [-0.3, -0.25) is 9.89 Å². The Bertz CT molecular complexity index is 316. The zero-order valence-corrected chi connectivity index (χ0v) is 9.16. The van der Waals surface area contributed by atoms with E-state index in [1.807, 2.05) is 13.8 Å². The number of aliphatic hydroxyl groups excluding tert-OH is 1. The number of aryl methyl sites for hydroxylation is 1. The second-order valence-corrected chi connectivity index (χ2v) is 3.42. The van der Waals surface area contributed by atoms with Crippen molar-refractivity contribution in [3.63, 3.8) is 0 Å². The van der Waals surface area contributed by atoms with E-state index >= 15 is 0 Å². The molecule has 5 nitrogen and oxygen atoms in total. The molecule has 0 fully saturated rings. The fourth-order valence-corrected chi connectivity index (χ4v) is 1.44. The molecule has 1 aromatic heterocycles. The molecule has 0 aromatic carbocycles. The van der Waals surface area contributed by atoms with Gasteiger partial charge in [0.15, 0.2) is 0 Å². The second kappa shape index (κ2) is 5.50. The van der Waals surface area contributed by atoms with Gasteiger partial charge in [0.05, 0.1) is 18.4 Å². The lowest BCUT2D eigenvalue weighted by Crippen LogP contribution is -2.34. The van der Waals surface area contributed by atoms with Crippen molar-refractivity contribution in [3.05, 3.63) is 17.5 Å². The summed E-state index contributed by atoms with van der Waals surface area (Å²) in [5.41, 5.74) is 1.34. The Balaban J connectivity index is 2.76. The van der Waals surface area contributed by atoms with Crippen LogP contribution in [0.4, 0.5) is 0 Å². The van der Waals surface area contributed by atoms with Gasteiger partial charge in [-0.25, -0.2) is 0 Å². The zero-order chi connectivity index (χ0) is 11.3. The van der Waals surface area contributed by atoms with E-state index in [0.717, 1.165) is 12.1 Å². The van der Waals surface area contributed by atoms with E-state index in [9.17, 15) is 4.79 Å². The minimum atomic E-state index is -0.0721. The fraction of sp³-hybridized carbons (Fsp3) is 0.600. The number of amides is 1. The van der Waals surface area contributed by atoms with Crippen LogP contribution in [0.1, 0.15) is 29.4 Å². The lowest BCUT2D eigenvalue weighted by atomic mass is 10.2. The predicted molar refractivity (Wildman–Crippen MR) is 56.6 cm³/mol. The molecule has 0 aliphatic carbocycles. The van der Waals surface area contributed by atoms with E-state index < -0.39 is 0 Å². The number of nitrogens with one attached hydrogen (secondary N) is 1. The highest BCUT2D eigenvalue weighted by Gasteiger charge is 2.17. The molecule has 0 bridgehead atoms. The maximum Gasteiger partial charge on any atom is 0.257 e. The summed E-state index contributed by atoms with van der Waals surface area (Å²) in [6.07, 6.45) is 2.40. The Morgan fingerprint density at radius 2 is 2.33 bits per heavy atom. The second-order valence-electron chi connectivity index (χ2n) is 3.42. The third-order valence-corrected chi connectivity index (χ3v) is 2.21. The summed E-state index contributed by atoms with van der Waals surface area (Å²) >= 11 is 0. The van der Waals surface area contributed by atoms with Crippen LogP contribution < -0.4 is 0 Å². The number of hydrogen-bond donors (Lipinski definition) is 2. The Morgan fingerprint density at radius 3 is 2.80 bits per heavy atom. The Labute approximate surface area is 89.1 Å². The highest BCUT2D eigenvalue weighted by molar-refractivity contribution is 5.95. The van der Waals surface area contributed by atoms with Crippen molar-refractivity contribution in [3.8, 4) is 0 Å². The van der Waals surface area contributed by atoms with Crippen LogP contribution in [-0.4, -0.2) is 45.8 Å². The van der Waals surface area contributed by atoms with Crippen LogP contribution in [0.3, 0.4) is 0 Å². The highest BCUT2D eigenvalue weighted by Crippen LogP contribution is 2.07. The largest absolute Gasteiger partial charge is 0.395 e. The first kappa shape index (κ1) is 11.7. The molecule has 1 rings (SSSR count). The Morgan fingerprint density at radius 1 is 1.60 bits per heavy atom. The van der Waals surface area contributed by atoms with Crippen molar-refractivity contribution in [2.24, 2.45) is 0 Å². The maximum absolute atomic E-state index is 12.0. The van der Waals surface area contributed by atoms with Gasteiger partial charge in [-0.2, -0.15) is 5.10 Å².